The zero-order chi connectivity index (χ0) is 11.4. The van der Waals surface area contributed by atoms with Crippen molar-refractivity contribution in [2.45, 2.75) is 26.2 Å². The first-order chi connectivity index (χ1) is 7.04. The minimum Gasteiger partial charge on any atom is -0.396 e. The van der Waals surface area contributed by atoms with E-state index in [2.05, 4.69) is 11.9 Å². The molecule has 15 heavy (non-hydrogen) atoms. The van der Waals surface area contributed by atoms with Crippen molar-refractivity contribution in [2.24, 2.45) is 5.92 Å². The summed E-state index contributed by atoms with van der Waals surface area (Å²) in [6.45, 7) is 4.28. The molecule has 1 rings (SSSR count). The van der Waals surface area contributed by atoms with Crippen LogP contribution < -0.4 is 0 Å². The van der Waals surface area contributed by atoms with Crippen molar-refractivity contribution in [3.05, 3.63) is 28.0 Å². The van der Waals surface area contributed by atoms with Gasteiger partial charge in [-0.3, -0.25) is 0 Å². The highest BCUT2D eigenvalue weighted by Crippen LogP contribution is 2.28. The molecule has 0 saturated carbocycles. The standard InChI is InChI=1S/C11H15Cl2NO/c1-7(6-15)5-8(2)9-3-4-10(12)14-11(9)13/h3-4,7-8,15H,5-6H2,1-2H3. The molecule has 0 aliphatic heterocycles. The molecule has 0 aliphatic rings. The summed E-state index contributed by atoms with van der Waals surface area (Å²) in [5, 5.41) is 9.84. The molecule has 0 amide bonds. The second-order valence-corrected chi connectivity index (χ2v) is 4.68. The maximum absolute atomic E-state index is 8.97. The Bertz CT molecular complexity index is 330. The number of aliphatic hydroxyl groups is 1. The molecule has 1 N–H and O–H groups in total. The first-order valence-corrected chi connectivity index (χ1v) is 5.73. The second-order valence-electron chi connectivity index (χ2n) is 3.94. The highest BCUT2D eigenvalue weighted by atomic mass is 35.5. The zero-order valence-corrected chi connectivity index (χ0v) is 10.4. The highest BCUT2D eigenvalue weighted by Gasteiger charge is 2.14. The first-order valence-electron chi connectivity index (χ1n) is 4.97. The van der Waals surface area contributed by atoms with E-state index in [-0.39, 0.29) is 18.4 Å². The maximum atomic E-state index is 8.97. The summed E-state index contributed by atoms with van der Waals surface area (Å²) in [4.78, 5) is 4.00. The third-order valence-corrected chi connectivity index (χ3v) is 2.96. The van der Waals surface area contributed by atoms with Crippen molar-refractivity contribution in [1.82, 2.24) is 4.98 Å². The van der Waals surface area contributed by atoms with Crippen LogP contribution in [0.5, 0.6) is 0 Å². The van der Waals surface area contributed by atoms with Gasteiger partial charge >= 0.3 is 0 Å². The molecule has 1 aromatic rings. The molecule has 0 radical (unpaired) electrons. The molecule has 4 heteroatoms. The van der Waals surface area contributed by atoms with E-state index in [0.717, 1.165) is 12.0 Å². The van der Waals surface area contributed by atoms with Crippen LogP contribution in [0.3, 0.4) is 0 Å². The van der Waals surface area contributed by atoms with Crippen LogP contribution in [0.25, 0.3) is 0 Å². The largest absolute Gasteiger partial charge is 0.396 e. The average molecular weight is 248 g/mol. The summed E-state index contributed by atoms with van der Waals surface area (Å²) >= 11 is 11.7. The number of halogens is 2. The van der Waals surface area contributed by atoms with Crippen LogP contribution in [0.4, 0.5) is 0 Å². The van der Waals surface area contributed by atoms with Gasteiger partial charge in [-0.2, -0.15) is 0 Å². The van der Waals surface area contributed by atoms with Crippen LogP contribution in [0.15, 0.2) is 12.1 Å². The van der Waals surface area contributed by atoms with E-state index in [1.165, 1.54) is 0 Å². The van der Waals surface area contributed by atoms with E-state index in [9.17, 15) is 0 Å². The maximum Gasteiger partial charge on any atom is 0.134 e. The van der Waals surface area contributed by atoms with Gasteiger partial charge in [0.05, 0.1) is 0 Å². The van der Waals surface area contributed by atoms with Crippen LogP contribution in [0, 0.1) is 5.92 Å². The van der Waals surface area contributed by atoms with Gasteiger partial charge in [-0.15, -0.1) is 0 Å². The van der Waals surface area contributed by atoms with Gasteiger partial charge in [-0.05, 0) is 29.9 Å². The molecule has 0 fully saturated rings. The lowest BCUT2D eigenvalue weighted by Gasteiger charge is -2.16. The Labute approximate surface area is 100 Å². The number of hydrogen-bond donors (Lipinski definition) is 1. The lowest BCUT2D eigenvalue weighted by atomic mass is 9.92. The van der Waals surface area contributed by atoms with E-state index in [1.54, 1.807) is 6.07 Å². The normalized spacial score (nSPS) is 15.0. The van der Waals surface area contributed by atoms with Gasteiger partial charge in [0.1, 0.15) is 10.3 Å². The molecular formula is C11H15Cl2NO. The van der Waals surface area contributed by atoms with Crippen molar-refractivity contribution in [3.63, 3.8) is 0 Å². The van der Waals surface area contributed by atoms with Crippen molar-refractivity contribution in [3.8, 4) is 0 Å². The monoisotopic (exact) mass is 247 g/mol. The van der Waals surface area contributed by atoms with Crippen molar-refractivity contribution in [1.29, 1.82) is 0 Å². The van der Waals surface area contributed by atoms with Crippen LogP contribution in [-0.4, -0.2) is 16.7 Å². The van der Waals surface area contributed by atoms with E-state index in [4.69, 9.17) is 28.3 Å². The molecule has 2 unspecified atom stereocenters. The fraction of sp³-hybridized carbons (Fsp3) is 0.545. The number of aliphatic hydroxyl groups excluding tert-OH is 1. The molecule has 0 aromatic carbocycles. The summed E-state index contributed by atoms with van der Waals surface area (Å²) in [6.07, 6.45) is 0.888. The Balaban J connectivity index is 2.77. The quantitative estimate of drug-likeness (QED) is 0.827. The minimum atomic E-state index is 0.197. The highest BCUT2D eigenvalue weighted by molar-refractivity contribution is 6.32. The summed E-state index contributed by atoms with van der Waals surface area (Å²) in [5.41, 5.74) is 0.987. The molecule has 0 aliphatic carbocycles. The van der Waals surface area contributed by atoms with Gasteiger partial charge in [0, 0.05) is 6.61 Å². The van der Waals surface area contributed by atoms with E-state index < -0.39 is 0 Å². The third kappa shape index (κ3) is 3.63. The number of rotatable bonds is 4. The molecule has 1 aromatic heterocycles. The van der Waals surface area contributed by atoms with E-state index in [0.29, 0.717) is 10.3 Å². The lowest BCUT2D eigenvalue weighted by Crippen LogP contribution is -2.06. The van der Waals surface area contributed by atoms with Gasteiger partial charge < -0.3 is 5.11 Å². The summed E-state index contributed by atoms with van der Waals surface area (Å²) in [6, 6.07) is 3.63. The Morgan fingerprint density at radius 1 is 1.33 bits per heavy atom. The SMILES string of the molecule is CC(CO)CC(C)c1ccc(Cl)nc1Cl. The van der Waals surface area contributed by atoms with Gasteiger partial charge in [-0.25, -0.2) is 4.98 Å². The molecule has 84 valence electrons. The zero-order valence-electron chi connectivity index (χ0n) is 8.87. The predicted octanol–water partition coefficient (Wildman–Crippen LogP) is 3.51. The molecule has 2 nitrogen and oxygen atoms in total. The topological polar surface area (TPSA) is 33.1 Å². The molecule has 1 heterocycles. The van der Waals surface area contributed by atoms with Gasteiger partial charge in [-0.1, -0.05) is 43.1 Å². The molecule has 0 spiro atoms. The molecule has 2 atom stereocenters. The molecular weight excluding hydrogens is 233 g/mol. The summed E-state index contributed by atoms with van der Waals surface area (Å²) in [7, 11) is 0. The first kappa shape index (κ1) is 12.8. The Morgan fingerprint density at radius 3 is 2.53 bits per heavy atom. The Hall–Kier alpha value is -0.310. The number of aromatic nitrogens is 1. The van der Waals surface area contributed by atoms with E-state index in [1.807, 2.05) is 13.0 Å². The van der Waals surface area contributed by atoms with Crippen LogP contribution in [-0.2, 0) is 0 Å². The lowest BCUT2D eigenvalue weighted by molar-refractivity contribution is 0.224. The molecule has 0 saturated heterocycles. The van der Waals surface area contributed by atoms with Crippen LogP contribution in [0.2, 0.25) is 10.3 Å². The fourth-order valence-corrected chi connectivity index (χ4v) is 2.13. The second kappa shape index (κ2) is 5.69. The molecule has 0 bridgehead atoms. The minimum absolute atomic E-state index is 0.197. The van der Waals surface area contributed by atoms with Gasteiger partial charge in [0.25, 0.3) is 0 Å². The van der Waals surface area contributed by atoms with Crippen LogP contribution in [0.1, 0.15) is 31.7 Å². The summed E-state index contributed by atoms with van der Waals surface area (Å²) < 4.78 is 0. The Morgan fingerprint density at radius 2 is 2.00 bits per heavy atom. The van der Waals surface area contributed by atoms with E-state index >= 15 is 0 Å². The van der Waals surface area contributed by atoms with Crippen molar-refractivity contribution >= 4 is 23.2 Å². The van der Waals surface area contributed by atoms with Crippen molar-refractivity contribution < 1.29 is 5.11 Å². The van der Waals surface area contributed by atoms with Crippen LogP contribution >= 0.6 is 23.2 Å². The number of nitrogens with zero attached hydrogens (tertiary/aromatic N) is 1. The number of hydrogen-bond acceptors (Lipinski definition) is 2. The fourth-order valence-electron chi connectivity index (χ4n) is 1.60. The van der Waals surface area contributed by atoms with Crippen molar-refractivity contribution in [2.75, 3.05) is 6.61 Å². The van der Waals surface area contributed by atoms with Gasteiger partial charge in [0.15, 0.2) is 0 Å². The number of pyridine rings is 1. The smallest absolute Gasteiger partial charge is 0.134 e. The average Bonchev–Trinajstić information content (AvgIpc) is 2.17. The third-order valence-electron chi connectivity index (χ3n) is 2.44. The summed E-state index contributed by atoms with van der Waals surface area (Å²) in [5.74, 6) is 0.552. The predicted molar refractivity (Wildman–Crippen MR) is 63.5 cm³/mol. The Kier molecular flexibility index (Phi) is 4.84. The van der Waals surface area contributed by atoms with Gasteiger partial charge in [0.2, 0.25) is 0 Å².